The van der Waals surface area contributed by atoms with E-state index in [1.54, 1.807) is 18.2 Å². The van der Waals surface area contributed by atoms with Gasteiger partial charge in [0.15, 0.2) is 0 Å². The van der Waals surface area contributed by atoms with Crippen molar-refractivity contribution in [3.05, 3.63) is 28.2 Å². The van der Waals surface area contributed by atoms with Crippen LogP contribution >= 0.6 is 23.2 Å². The molecule has 0 aliphatic rings. The second kappa shape index (κ2) is 6.38. The first kappa shape index (κ1) is 13.7. The van der Waals surface area contributed by atoms with Crippen LogP contribution in [0.25, 0.3) is 0 Å². The van der Waals surface area contributed by atoms with Crippen LogP contribution in [0.1, 0.15) is 19.8 Å². The predicted octanol–water partition coefficient (Wildman–Crippen LogP) is 3.47. The lowest BCUT2D eigenvalue weighted by atomic mass is 10.3. The average molecular weight is 279 g/mol. The molecule has 0 aliphatic heterocycles. The topological polar surface area (TPSA) is 34.1 Å². The Morgan fingerprint density at radius 3 is 2.56 bits per heavy atom. The summed E-state index contributed by atoms with van der Waals surface area (Å²) >= 11 is 11.5. The first-order valence-corrected chi connectivity index (χ1v) is 6.97. The monoisotopic (exact) mass is 278 g/mol. The molecule has 0 aromatic heterocycles. The standard InChI is InChI=1S/C11H12Cl2O2S/c1-2-3-8(14)7-16(15)9-4-5-10(12)11(13)6-9/h4-6H,2-3,7H2,1H3. The highest BCUT2D eigenvalue weighted by Crippen LogP contribution is 2.24. The van der Waals surface area contributed by atoms with E-state index < -0.39 is 10.8 Å². The van der Waals surface area contributed by atoms with Crippen LogP contribution in [-0.4, -0.2) is 15.7 Å². The first-order valence-electron chi connectivity index (χ1n) is 4.89. The van der Waals surface area contributed by atoms with Gasteiger partial charge >= 0.3 is 0 Å². The molecule has 0 saturated carbocycles. The molecule has 0 heterocycles. The van der Waals surface area contributed by atoms with Crippen LogP contribution in [-0.2, 0) is 15.6 Å². The zero-order valence-corrected chi connectivity index (χ0v) is 11.2. The zero-order valence-electron chi connectivity index (χ0n) is 8.83. The zero-order chi connectivity index (χ0) is 12.1. The van der Waals surface area contributed by atoms with Crippen LogP contribution in [0.2, 0.25) is 10.0 Å². The van der Waals surface area contributed by atoms with Gasteiger partial charge in [0.25, 0.3) is 0 Å². The molecule has 1 atom stereocenters. The first-order chi connectivity index (χ1) is 7.54. The fourth-order valence-corrected chi connectivity index (χ4v) is 2.63. The van der Waals surface area contributed by atoms with Crippen molar-refractivity contribution in [3.63, 3.8) is 0 Å². The van der Waals surface area contributed by atoms with Crippen LogP contribution in [0.3, 0.4) is 0 Å². The molecule has 0 amide bonds. The Morgan fingerprint density at radius 1 is 1.31 bits per heavy atom. The van der Waals surface area contributed by atoms with Gasteiger partial charge in [-0.25, -0.2) is 0 Å². The van der Waals surface area contributed by atoms with Gasteiger partial charge in [0.05, 0.1) is 26.6 Å². The van der Waals surface area contributed by atoms with Gasteiger partial charge in [0.1, 0.15) is 5.78 Å². The van der Waals surface area contributed by atoms with Crippen molar-refractivity contribution >= 4 is 39.8 Å². The molecule has 0 saturated heterocycles. The van der Waals surface area contributed by atoms with Gasteiger partial charge in [-0.2, -0.15) is 0 Å². The fourth-order valence-electron chi connectivity index (χ4n) is 1.20. The molecule has 0 radical (unpaired) electrons. The van der Waals surface area contributed by atoms with Crippen LogP contribution in [0, 0.1) is 0 Å². The predicted molar refractivity (Wildman–Crippen MR) is 67.7 cm³/mol. The van der Waals surface area contributed by atoms with E-state index in [9.17, 15) is 9.00 Å². The summed E-state index contributed by atoms with van der Waals surface area (Å²) in [6.45, 7) is 1.92. The minimum absolute atomic E-state index is 0.00639. The summed E-state index contributed by atoms with van der Waals surface area (Å²) in [5, 5.41) is 0.776. The van der Waals surface area contributed by atoms with Gasteiger partial charge in [-0.15, -0.1) is 0 Å². The highest BCUT2D eigenvalue weighted by molar-refractivity contribution is 7.85. The summed E-state index contributed by atoms with van der Waals surface area (Å²) in [5.74, 6) is 0.0538. The van der Waals surface area contributed by atoms with E-state index in [1.807, 2.05) is 6.92 Å². The molecular formula is C11H12Cl2O2S. The molecule has 0 N–H and O–H groups in total. The largest absolute Gasteiger partial charge is 0.299 e. The third-order valence-electron chi connectivity index (χ3n) is 1.97. The molecule has 16 heavy (non-hydrogen) atoms. The van der Waals surface area contributed by atoms with Gasteiger partial charge in [0.2, 0.25) is 0 Å². The molecule has 1 aromatic carbocycles. The van der Waals surface area contributed by atoms with Gasteiger partial charge in [0, 0.05) is 11.3 Å². The van der Waals surface area contributed by atoms with Crippen molar-refractivity contribution in [2.75, 3.05) is 5.75 Å². The second-order valence-electron chi connectivity index (χ2n) is 3.35. The maximum absolute atomic E-state index is 11.8. The molecule has 0 spiro atoms. The number of Topliss-reactive ketones (excluding diaryl/α,β-unsaturated/α-hetero) is 1. The van der Waals surface area contributed by atoms with E-state index in [4.69, 9.17) is 23.2 Å². The van der Waals surface area contributed by atoms with Crippen molar-refractivity contribution in [1.82, 2.24) is 0 Å². The molecule has 2 nitrogen and oxygen atoms in total. The van der Waals surface area contributed by atoms with Crippen molar-refractivity contribution in [3.8, 4) is 0 Å². The molecule has 88 valence electrons. The molecule has 0 bridgehead atoms. The van der Waals surface area contributed by atoms with E-state index in [0.29, 0.717) is 21.4 Å². The lowest BCUT2D eigenvalue weighted by molar-refractivity contribution is -0.116. The van der Waals surface area contributed by atoms with Crippen molar-refractivity contribution in [2.45, 2.75) is 24.7 Å². The number of rotatable bonds is 5. The summed E-state index contributed by atoms with van der Waals surface area (Å²) in [6, 6.07) is 4.75. The summed E-state index contributed by atoms with van der Waals surface area (Å²) in [4.78, 5) is 11.9. The minimum atomic E-state index is -1.33. The maximum Gasteiger partial charge on any atom is 0.145 e. The number of hydrogen-bond acceptors (Lipinski definition) is 2. The second-order valence-corrected chi connectivity index (χ2v) is 5.62. The Bertz CT molecular complexity index is 418. The highest BCUT2D eigenvalue weighted by Gasteiger charge is 2.10. The number of benzene rings is 1. The Morgan fingerprint density at radius 2 is 2.00 bits per heavy atom. The van der Waals surface area contributed by atoms with Gasteiger partial charge in [-0.3, -0.25) is 9.00 Å². The van der Waals surface area contributed by atoms with Crippen molar-refractivity contribution in [1.29, 1.82) is 0 Å². The Balaban J connectivity index is 2.73. The smallest absolute Gasteiger partial charge is 0.145 e. The van der Waals surface area contributed by atoms with Gasteiger partial charge < -0.3 is 0 Å². The average Bonchev–Trinajstić information content (AvgIpc) is 2.22. The lowest BCUT2D eigenvalue weighted by Crippen LogP contribution is -2.10. The SMILES string of the molecule is CCCC(=O)CS(=O)c1ccc(Cl)c(Cl)c1. The number of halogens is 2. The van der Waals surface area contributed by atoms with Crippen LogP contribution in [0.4, 0.5) is 0 Å². The minimum Gasteiger partial charge on any atom is -0.299 e. The van der Waals surface area contributed by atoms with E-state index in [2.05, 4.69) is 0 Å². The van der Waals surface area contributed by atoms with E-state index >= 15 is 0 Å². The Labute approximate surface area is 107 Å². The van der Waals surface area contributed by atoms with E-state index in [1.165, 1.54) is 0 Å². The summed E-state index contributed by atoms with van der Waals surface area (Å²) in [6.07, 6.45) is 1.24. The third kappa shape index (κ3) is 3.89. The quantitative estimate of drug-likeness (QED) is 0.827. The van der Waals surface area contributed by atoms with E-state index in [0.717, 1.165) is 6.42 Å². The number of carbonyl (C=O) groups is 1. The van der Waals surface area contributed by atoms with Crippen LogP contribution in [0.5, 0.6) is 0 Å². The highest BCUT2D eigenvalue weighted by atomic mass is 35.5. The molecule has 1 rings (SSSR count). The third-order valence-corrected chi connectivity index (χ3v) is 4.08. The summed E-state index contributed by atoms with van der Waals surface area (Å²) < 4.78 is 11.8. The van der Waals surface area contributed by atoms with Gasteiger partial charge in [-0.05, 0) is 24.6 Å². The molecule has 0 aliphatic carbocycles. The Kier molecular flexibility index (Phi) is 5.46. The maximum atomic E-state index is 11.8. The molecule has 1 aromatic rings. The normalized spacial score (nSPS) is 12.4. The van der Waals surface area contributed by atoms with Crippen molar-refractivity contribution < 1.29 is 9.00 Å². The number of carbonyl (C=O) groups excluding carboxylic acids is 1. The van der Waals surface area contributed by atoms with E-state index in [-0.39, 0.29) is 11.5 Å². The van der Waals surface area contributed by atoms with Crippen LogP contribution in [0.15, 0.2) is 23.1 Å². The lowest BCUT2D eigenvalue weighted by Gasteiger charge is -2.03. The molecular weight excluding hydrogens is 267 g/mol. The van der Waals surface area contributed by atoms with Crippen molar-refractivity contribution in [2.24, 2.45) is 0 Å². The summed E-state index contributed by atoms with van der Waals surface area (Å²) in [7, 11) is -1.33. The molecule has 5 heteroatoms. The number of ketones is 1. The van der Waals surface area contributed by atoms with Gasteiger partial charge in [-0.1, -0.05) is 30.1 Å². The fraction of sp³-hybridized carbons (Fsp3) is 0.364. The molecule has 1 unspecified atom stereocenters. The summed E-state index contributed by atoms with van der Waals surface area (Å²) in [5.41, 5.74) is 0. The number of hydrogen-bond donors (Lipinski definition) is 0. The van der Waals surface area contributed by atoms with Crippen LogP contribution < -0.4 is 0 Å². The Hall–Kier alpha value is -0.380. The molecule has 0 fully saturated rings.